The van der Waals surface area contributed by atoms with Gasteiger partial charge in [-0.25, -0.2) is 0 Å². The third-order valence-corrected chi connectivity index (χ3v) is 6.08. The Kier molecular flexibility index (Phi) is 5.25. The summed E-state index contributed by atoms with van der Waals surface area (Å²) in [6.45, 7) is 3.66. The van der Waals surface area contributed by atoms with Gasteiger partial charge in [0.25, 0.3) is 0 Å². The van der Waals surface area contributed by atoms with Crippen LogP contribution >= 0.6 is 11.3 Å². The SMILES string of the molecule is COCCN(Cc1ccc(C)s1)C(=O)[C@@H]1CC(=O)OC12CCCC2. The Morgan fingerprint density at radius 2 is 2.17 bits per heavy atom. The second-order valence-electron chi connectivity index (χ2n) is 6.77. The molecule has 0 radical (unpaired) electrons. The lowest BCUT2D eigenvalue weighted by atomic mass is 9.84. The highest BCUT2D eigenvalue weighted by Gasteiger charge is 2.54. The van der Waals surface area contributed by atoms with Gasteiger partial charge in [0.2, 0.25) is 5.91 Å². The van der Waals surface area contributed by atoms with Crippen molar-refractivity contribution >= 4 is 23.2 Å². The van der Waals surface area contributed by atoms with Gasteiger partial charge in [-0.1, -0.05) is 0 Å². The number of carbonyl (C=O) groups is 2. The maximum absolute atomic E-state index is 13.2. The van der Waals surface area contributed by atoms with Gasteiger partial charge in [-0.2, -0.15) is 0 Å². The minimum atomic E-state index is -0.551. The van der Waals surface area contributed by atoms with E-state index in [9.17, 15) is 9.59 Å². The first-order chi connectivity index (χ1) is 11.5. The van der Waals surface area contributed by atoms with Crippen LogP contribution in [0.2, 0.25) is 0 Å². The number of esters is 1. The monoisotopic (exact) mass is 351 g/mol. The number of thiophene rings is 1. The van der Waals surface area contributed by atoms with Gasteiger partial charge in [-0.3, -0.25) is 9.59 Å². The maximum Gasteiger partial charge on any atom is 0.307 e. The summed E-state index contributed by atoms with van der Waals surface area (Å²) in [5, 5.41) is 0. The normalized spacial score (nSPS) is 22.1. The summed E-state index contributed by atoms with van der Waals surface area (Å²) in [5.74, 6) is -0.537. The second-order valence-corrected chi connectivity index (χ2v) is 8.14. The molecule has 24 heavy (non-hydrogen) atoms. The van der Waals surface area contributed by atoms with Gasteiger partial charge in [-0.15, -0.1) is 11.3 Å². The summed E-state index contributed by atoms with van der Waals surface area (Å²) < 4.78 is 10.8. The summed E-state index contributed by atoms with van der Waals surface area (Å²) in [4.78, 5) is 29.3. The zero-order valence-electron chi connectivity index (χ0n) is 14.4. The fraction of sp³-hybridized carbons (Fsp3) is 0.667. The highest BCUT2D eigenvalue weighted by Crippen LogP contribution is 2.46. The van der Waals surface area contributed by atoms with Crippen molar-refractivity contribution in [2.45, 2.75) is 51.2 Å². The standard InChI is InChI=1S/C18H25NO4S/c1-13-5-6-14(24-13)12-19(9-10-22-2)17(21)15-11-16(20)23-18(15)7-3-4-8-18/h5-6,15H,3-4,7-12H2,1-2H3/t15-/m0/s1. The van der Waals surface area contributed by atoms with E-state index in [1.54, 1.807) is 18.4 Å². The third kappa shape index (κ3) is 3.49. The van der Waals surface area contributed by atoms with E-state index in [1.165, 1.54) is 4.88 Å². The van der Waals surface area contributed by atoms with Gasteiger partial charge in [-0.05, 0) is 44.7 Å². The quantitative estimate of drug-likeness (QED) is 0.740. The minimum Gasteiger partial charge on any atom is -0.458 e. The summed E-state index contributed by atoms with van der Waals surface area (Å²) >= 11 is 1.70. The van der Waals surface area contributed by atoms with Crippen molar-refractivity contribution < 1.29 is 19.1 Å². The number of ether oxygens (including phenoxy) is 2. The zero-order valence-corrected chi connectivity index (χ0v) is 15.2. The van der Waals surface area contributed by atoms with Crippen molar-refractivity contribution in [3.8, 4) is 0 Å². The molecule has 2 heterocycles. The number of methoxy groups -OCH3 is 1. The summed E-state index contributed by atoms with van der Waals surface area (Å²) in [6, 6.07) is 4.13. The van der Waals surface area contributed by atoms with Crippen LogP contribution in [0.4, 0.5) is 0 Å². The first-order valence-electron chi connectivity index (χ1n) is 8.59. The summed E-state index contributed by atoms with van der Waals surface area (Å²) in [5.41, 5.74) is -0.551. The molecule has 0 unspecified atom stereocenters. The van der Waals surface area contributed by atoms with Crippen LogP contribution in [0.3, 0.4) is 0 Å². The molecule has 5 nitrogen and oxygen atoms in total. The van der Waals surface area contributed by atoms with Gasteiger partial charge in [0, 0.05) is 23.4 Å². The Hall–Kier alpha value is -1.40. The van der Waals surface area contributed by atoms with Crippen LogP contribution in [-0.2, 0) is 25.6 Å². The summed E-state index contributed by atoms with van der Waals surface area (Å²) in [6.07, 6.45) is 3.89. The number of hydrogen-bond donors (Lipinski definition) is 0. The predicted molar refractivity (Wildman–Crippen MR) is 91.7 cm³/mol. The highest BCUT2D eigenvalue weighted by atomic mass is 32.1. The van der Waals surface area contributed by atoms with E-state index in [2.05, 4.69) is 19.1 Å². The second kappa shape index (κ2) is 7.23. The number of amides is 1. The molecule has 1 atom stereocenters. The Morgan fingerprint density at radius 3 is 2.79 bits per heavy atom. The van der Waals surface area contributed by atoms with E-state index in [0.717, 1.165) is 30.6 Å². The average molecular weight is 351 g/mol. The molecule has 1 spiro atoms. The van der Waals surface area contributed by atoms with E-state index >= 15 is 0 Å². The molecule has 132 valence electrons. The van der Waals surface area contributed by atoms with Crippen LogP contribution < -0.4 is 0 Å². The number of carbonyl (C=O) groups excluding carboxylic acids is 2. The number of aryl methyl sites for hydroxylation is 1. The van der Waals surface area contributed by atoms with E-state index in [4.69, 9.17) is 9.47 Å². The topological polar surface area (TPSA) is 55.8 Å². The van der Waals surface area contributed by atoms with Crippen LogP contribution in [0.25, 0.3) is 0 Å². The molecule has 0 bridgehead atoms. The maximum atomic E-state index is 13.2. The van der Waals surface area contributed by atoms with Crippen LogP contribution in [0.15, 0.2) is 12.1 Å². The Balaban J connectivity index is 1.78. The molecule has 6 heteroatoms. The van der Waals surface area contributed by atoms with E-state index in [1.807, 2.05) is 4.90 Å². The molecule has 0 aromatic carbocycles. The first kappa shape index (κ1) is 17.4. The van der Waals surface area contributed by atoms with Crippen LogP contribution in [-0.4, -0.2) is 42.6 Å². The van der Waals surface area contributed by atoms with E-state index < -0.39 is 5.60 Å². The van der Waals surface area contributed by atoms with Crippen LogP contribution in [0.1, 0.15) is 41.9 Å². The molecule has 1 amide bonds. The van der Waals surface area contributed by atoms with E-state index in [-0.39, 0.29) is 24.2 Å². The van der Waals surface area contributed by atoms with Gasteiger partial charge < -0.3 is 14.4 Å². The molecule has 1 saturated carbocycles. The Labute approximate surface area is 146 Å². The molecule has 1 aromatic rings. The smallest absolute Gasteiger partial charge is 0.307 e. The van der Waals surface area contributed by atoms with Crippen LogP contribution in [0.5, 0.6) is 0 Å². The molecule has 2 aliphatic rings. The average Bonchev–Trinajstić information content (AvgIpc) is 3.25. The molecular weight excluding hydrogens is 326 g/mol. The van der Waals surface area contributed by atoms with Gasteiger partial charge in [0.15, 0.2) is 0 Å². The summed E-state index contributed by atoms with van der Waals surface area (Å²) in [7, 11) is 1.64. The molecule has 1 aliphatic carbocycles. The highest BCUT2D eigenvalue weighted by molar-refractivity contribution is 7.11. The van der Waals surface area contributed by atoms with Crippen molar-refractivity contribution in [1.29, 1.82) is 0 Å². The molecule has 0 N–H and O–H groups in total. The van der Waals surface area contributed by atoms with Crippen molar-refractivity contribution in [3.05, 3.63) is 21.9 Å². The lowest BCUT2D eigenvalue weighted by molar-refractivity contribution is -0.152. The lowest BCUT2D eigenvalue weighted by Crippen LogP contribution is -2.45. The Morgan fingerprint density at radius 1 is 1.42 bits per heavy atom. The van der Waals surface area contributed by atoms with Gasteiger partial charge >= 0.3 is 5.97 Å². The third-order valence-electron chi connectivity index (χ3n) is 5.09. The van der Waals surface area contributed by atoms with Gasteiger partial charge in [0.05, 0.1) is 25.5 Å². The first-order valence-corrected chi connectivity index (χ1v) is 9.40. The zero-order chi connectivity index (χ0) is 17.2. The van der Waals surface area contributed by atoms with Crippen molar-refractivity contribution in [2.75, 3.05) is 20.3 Å². The van der Waals surface area contributed by atoms with Crippen molar-refractivity contribution in [2.24, 2.45) is 5.92 Å². The molecule has 3 rings (SSSR count). The van der Waals surface area contributed by atoms with Crippen LogP contribution in [0, 0.1) is 12.8 Å². The van der Waals surface area contributed by atoms with Gasteiger partial charge in [0.1, 0.15) is 5.60 Å². The molecule has 2 fully saturated rings. The molecule has 1 saturated heterocycles. The number of rotatable bonds is 6. The fourth-order valence-electron chi connectivity index (χ4n) is 3.88. The molecule has 1 aliphatic heterocycles. The fourth-order valence-corrected chi connectivity index (χ4v) is 4.78. The lowest BCUT2D eigenvalue weighted by Gasteiger charge is -2.32. The molecular formula is C18H25NO4S. The molecule has 1 aromatic heterocycles. The predicted octanol–water partition coefficient (Wildman–Crippen LogP) is 2.91. The van der Waals surface area contributed by atoms with Crippen molar-refractivity contribution in [3.63, 3.8) is 0 Å². The number of hydrogen-bond acceptors (Lipinski definition) is 5. The minimum absolute atomic E-state index is 0.0332. The Bertz CT molecular complexity index is 606. The van der Waals surface area contributed by atoms with E-state index in [0.29, 0.717) is 19.7 Å². The van der Waals surface area contributed by atoms with Crippen molar-refractivity contribution in [1.82, 2.24) is 4.90 Å². The number of nitrogens with zero attached hydrogens (tertiary/aromatic N) is 1. The largest absolute Gasteiger partial charge is 0.458 e.